The van der Waals surface area contributed by atoms with E-state index in [9.17, 15) is 4.79 Å². The topological polar surface area (TPSA) is 41.1 Å². The monoisotopic (exact) mass is 368 g/mol. The quantitative estimate of drug-likeness (QED) is 0.778. The Balaban J connectivity index is 2.04. The molecule has 102 valence electrons. The molecular weight excluding hydrogens is 360 g/mol. The highest BCUT2D eigenvalue weighted by atomic mass is 79.9. The van der Waals surface area contributed by atoms with E-state index in [-0.39, 0.29) is 11.0 Å². The largest absolute Gasteiger partial charge is 0.331 e. The molecule has 0 unspecified atom stereocenters. The van der Waals surface area contributed by atoms with E-state index in [1.165, 1.54) is 0 Å². The van der Waals surface area contributed by atoms with Gasteiger partial charge in [0.25, 0.3) is 5.91 Å². The molecule has 0 saturated heterocycles. The number of rotatable bonds is 2. The number of carbonyl (C=O) groups is 1. The molecule has 0 fully saturated rings. The van der Waals surface area contributed by atoms with Crippen LogP contribution in [0.3, 0.4) is 0 Å². The molecule has 2 rings (SSSR count). The normalized spacial score (nSPS) is 9.90. The first kappa shape index (κ1) is 15.0. The number of nitrogens with one attached hydrogen (secondary N) is 2. The number of halogens is 2. The van der Waals surface area contributed by atoms with Gasteiger partial charge in [0.2, 0.25) is 0 Å². The first-order valence-electron chi connectivity index (χ1n) is 5.69. The van der Waals surface area contributed by atoms with Gasteiger partial charge in [-0.15, -0.1) is 0 Å². The van der Waals surface area contributed by atoms with Gasteiger partial charge in [-0.05, 0) is 52.4 Å². The Morgan fingerprint density at radius 1 is 1.10 bits per heavy atom. The highest BCUT2D eigenvalue weighted by molar-refractivity contribution is 9.10. The zero-order chi connectivity index (χ0) is 14.5. The van der Waals surface area contributed by atoms with Crippen molar-refractivity contribution in [3.63, 3.8) is 0 Å². The molecule has 0 bridgehead atoms. The second kappa shape index (κ2) is 6.83. The van der Waals surface area contributed by atoms with Crippen molar-refractivity contribution in [2.45, 2.75) is 0 Å². The second-order valence-corrected chi connectivity index (χ2v) is 5.54. The fraction of sp³-hybridized carbons (Fsp3) is 0. The zero-order valence-corrected chi connectivity index (χ0v) is 13.3. The Kier molecular flexibility index (Phi) is 5.11. The van der Waals surface area contributed by atoms with Crippen LogP contribution in [0.15, 0.2) is 53.0 Å². The maximum absolute atomic E-state index is 12.0. The van der Waals surface area contributed by atoms with Crippen LogP contribution < -0.4 is 10.6 Å². The molecule has 0 aliphatic rings. The molecule has 0 radical (unpaired) electrons. The van der Waals surface area contributed by atoms with E-state index in [2.05, 4.69) is 26.6 Å². The standard InChI is InChI=1S/C14H10BrClN2OS/c15-10-6-2-4-8-12(10)17-14(20)18-13(19)9-5-1-3-7-11(9)16/h1-8H,(H2,17,18,19,20). The fourth-order valence-corrected chi connectivity index (χ4v) is 2.34. The van der Waals surface area contributed by atoms with Crippen molar-refractivity contribution in [3.8, 4) is 0 Å². The third-order valence-corrected chi connectivity index (χ3v) is 3.69. The molecule has 0 aliphatic heterocycles. The van der Waals surface area contributed by atoms with Gasteiger partial charge in [0.05, 0.1) is 16.3 Å². The first-order valence-corrected chi connectivity index (χ1v) is 7.27. The molecule has 2 N–H and O–H groups in total. The zero-order valence-electron chi connectivity index (χ0n) is 10.2. The van der Waals surface area contributed by atoms with Crippen LogP contribution in [0.25, 0.3) is 0 Å². The van der Waals surface area contributed by atoms with Gasteiger partial charge in [-0.1, -0.05) is 35.9 Å². The first-order chi connectivity index (χ1) is 9.58. The van der Waals surface area contributed by atoms with Crippen molar-refractivity contribution in [3.05, 3.63) is 63.6 Å². The number of hydrogen-bond acceptors (Lipinski definition) is 2. The van der Waals surface area contributed by atoms with Crippen molar-refractivity contribution >= 4 is 56.5 Å². The highest BCUT2D eigenvalue weighted by Gasteiger charge is 2.11. The number of thiocarbonyl (C=S) groups is 1. The van der Waals surface area contributed by atoms with Crippen LogP contribution in [0.1, 0.15) is 10.4 Å². The Morgan fingerprint density at radius 3 is 2.45 bits per heavy atom. The van der Waals surface area contributed by atoms with E-state index in [0.29, 0.717) is 10.6 Å². The summed E-state index contributed by atoms with van der Waals surface area (Å²) in [5, 5.41) is 6.12. The Labute approximate surface area is 135 Å². The average Bonchev–Trinajstić information content (AvgIpc) is 2.41. The van der Waals surface area contributed by atoms with Crippen LogP contribution >= 0.6 is 39.7 Å². The third-order valence-electron chi connectivity index (χ3n) is 2.47. The van der Waals surface area contributed by atoms with Crippen LogP contribution in [-0.2, 0) is 0 Å². The predicted octanol–water partition coefficient (Wildman–Crippen LogP) is 4.23. The lowest BCUT2D eigenvalue weighted by molar-refractivity contribution is 0.0978. The number of para-hydroxylation sites is 1. The van der Waals surface area contributed by atoms with Crippen molar-refractivity contribution in [2.75, 3.05) is 5.32 Å². The number of carbonyl (C=O) groups excluding carboxylic acids is 1. The van der Waals surface area contributed by atoms with Crippen molar-refractivity contribution in [1.82, 2.24) is 5.32 Å². The Morgan fingerprint density at radius 2 is 1.75 bits per heavy atom. The van der Waals surface area contributed by atoms with Crippen LogP contribution in [0.2, 0.25) is 5.02 Å². The molecule has 20 heavy (non-hydrogen) atoms. The number of amides is 1. The molecule has 0 spiro atoms. The van der Waals surface area contributed by atoms with Crippen molar-refractivity contribution < 1.29 is 4.79 Å². The van der Waals surface area contributed by atoms with E-state index < -0.39 is 0 Å². The second-order valence-electron chi connectivity index (χ2n) is 3.87. The molecule has 3 nitrogen and oxygen atoms in total. The highest BCUT2D eigenvalue weighted by Crippen LogP contribution is 2.21. The minimum absolute atomic E-state index is 0.210. The van der Waals surface area contributed by atoms with Gasteiger partial charge in [-0.25, -0.2) is 0 Å². The Hall–Kier alpha value is -1.43. The van der Waals surface area contributed by atoms with Gasteiger partial charge in [0.1, 0.15) is 0 Å². The minimum Gasteiger partial charge on any atom is -0.331 e. The summed E-state index contributed by atoms with van der Waals surface area (Å²) >= 11 is 14.5. The molecular formula is C14H10BrClN2OS. The van der Waals surface area contributed by atoms with Gasteiger partial charge in [0, 0.05) is 4.47 Å². The smallest absolute Gasteiger partial charge is 0.258 e. The molecule has 0 aliphatic carbocycles. The van der Waals surface area contributed by atoms with Gasteiger partial charge >= 0.3 is 0 Å². The van der Waals surface area contributed by atoms with Gasteiger partial charge in [0.15, 0.2) is 5.11 Å². The lowest BCUT2D eigenvalue weighted by Gasteiger charge is -2.11. The van der Waals surface area contributed by atoms with Gasteiger partial charge < -0.3 is 5.32 Å². The summed E-state index contributed by atoms with van der Waals surface area (Å²) in [6.07, 6.45) is 0. The molecule has 1 amide bonds. The molecule has 2 aromatic carbocycles. The third kappa shape index (κ3) is 3.79. The molecule has 0 heterocycles. The van der Waals surface area contributed by atoms with Gasteiger partial charge in [-0.3, -0.25) is 10.1 Å². The molecule has 0 aromatic heterocycles. The van der Waals surface area contributed by atoms with Crippen molar-refractivity contribution in [1.29, 1.82) is 0 Å². The maximum Gasteiger partial charge on any atom is 0.258 e. The summed E-state index contributed by atoms with van der Waals surface area (Å²) in [5.74, 6) is -0.347. The fourth-order valence-electron chi connectivity index (χ4n) is 1.53. The summed E-state index contributed by atoms with van der Waals surface area (Å²) in [6, 6.07) is 14.3. The van der Waals surface area contributed by atoms with E-state index in [1.54, 1.807) is 24.3 Å². The summed E-state index contributed by atoms with van der Waals surface area (Å²) in [7, 11) is 0. The van der Waals surface area contributed by atoms with E-state index in [4.69, 9.17) is 23.8 Å². The minimum atomic E-state index is -0.347. The molecule has 0 saturated carbocycles. The lowest BCUT2D eigenvalue weighted by atomic mass is 10.2. The van der Waals surface area contributed by atoms with E-state index in [1.807, 2.05) is 24.3 Å². The maximum atomic E-state index is 12.0. The van der Waals surface area contributed by atoms with Crippen LogP contribution in [0, 0.1) is 0 Å². The molecule has 0 atom stereocenters. The van der Waals surface area contributed by atoms with Gasteiger partial charge in [-0.2, -0.15) is 0 Å². The summed E-state index contributed by atoms with van der Waals surface area (Å²) < 4.78 is 0.856. The average molecular weight is 370 g/mol. The number of benzene rings is 2. The van der Waals surface area contributed by atoms with Crippen LogP contribution in [-0.4, -0.2) is 11.0 Å². The predicted molar refractivity (Wildman–Crippen MR) is 89.3 cm³/mol. The molecule has 2 aromatic rings. The number of anilines is 1. The summed E-state index contributed by atoms with van der Waals surface area (Å²) in [4.78, 5) is 12.0. The summed E-state index contributed by atoms with van der Waals surface area (Å²) in [6.45, 7) is 0. The SMILES string of the molecule is O=C(NC(=S)Nc1ccccc1Br)c1ccccc1Cl. The van der Waals surface area contributed by atoms with Crippen LogP contribution in [0.5, 0.6) is 0 Å². The summed E-state index contributed by atoms with van der Waals surface area (Å²) in [5.41, 5.74) is 1.16. The van der Waals surface area contributed by atoms with Crippen molar-refractivity contribution in [2.24, 2.45) is 0 Å². The van der Waals surface area contributed by atoms with Crippen LogP contribution in [0.4, 0.5) is 5.69 Å². The molecule has 6 heteroatoms. The van der Waals surface area contributed by atoms with E-state index in [0.717, 1.165) is 10.2 Å². The number of hydrogen-bond donors (Lipinski definition) is 2. The lowest BCUT2D eigenvalue weighted by Crippen LogP contribution is -2.34. The Bertz CT molecular complexity index is 663. The van der Waals surface area contributed by atoms with E-state index >= 15 is 0 Å².